The minimum absolute atomic E-state index is 0.116. The number of ether oxygens (including phenoxy) is 1. The van der Waals surface area contributed by atoms with Gasteiger partial charge in [-0.2, -0.15) is 0 Å². The van der Waals surface area contributed by atoms with Gasteiger partial charge in [0.05, 0.1) is 12.1 Å². The van der Waals surface area contributed by atoms with Gasteiger partial charge in [-0.15, -0.1) is 0 Å². The average molecular weight is 348 g/mol. The zero-order valence-corrected chi connectivity index (χ0v) is 14.5. The molecule has 136 valence electrons. The second-order valence-electron chi connectivity index (χ2n) is 5.87. The third kappa shape index (κ3) is 7.07. The summed E-state index contributed by atoms with van der Waals surface area (Å²) in [6, 6.07) is 5.64. The monoisotopic (exact) mass is 348 g/mol. The number of hydrogen-bond donors (Lipinski definition) is 3. The van der Waals surface area contributed by atoms with E-state index >= 15 is 0 Å². The SMILES string of the molecule is C=CCOc1ccccc1C(=O)NCC(=O)N[C@@H](CC(C)C)C(=O)O. The van der Waals surface area contributed by atoms with Crippen LogP contribution in [0.2, 0.25) is 0 Å². The number of para-hydroxylation sites is 1. The molecule has 0 unspecified atom stereocenters. The van der Waals surface area contributed by atoms with Crippen LogP contribution < -0.4 is 15.4 Å². The van der Waals surface area contributed by atoms with Crippen molar-refractivity contribution in [3.8, 4) is 5.75 Å². The Morgan fingerprint density at radius 1 is 1.28 bits per heavy atom. The van der Waals surface area contributed by atoms with Crippen LogP contribution in [0.1, 0.15) is 30.6 Å². The van der Waals surface area contributed by atoms with Gasteiger partial charge in [-0.3, -0.25) is 9.59 Å². The van der Waals surface area contributed by atoms with E-state index in [9.17, 15) is 14.4 Å². The van der Waals surface area contributed by atoms with Crippen LogP contribution in [0, 0.1) is 5.92 Å². The van der Waals surface area contributed by atoms with Crippen molar-refractivity contribution in [3.05, 3.63) is 42.5 Å². The highest BCUT2D eigenvalue weighted by molar-refractivity contribution is 5.99. The smallest absolute Gasteiger partial charge is 0.326 e. The molecule has 0 spiro atoms. The highest BCUT2D eigenvalue weighted by atomic mass is 16.5. The number of carbonyl (C=O) groups is 3. The molecular formula is C18H24N2O5. The molecule has 0 aliphatic heterocycles. The molecule has 2 amide bonds. The van der Waals surface area contributed by atoms with E-state index in [4.69, 9.17) is 9.84 Å². The summed E-state index contributed by atoms with van der Waals surface area (Å²) in [5.41, 5.74) is 0.286. The van der Waals surface area contributed by atoms with E-state index in [1.54, 1.807) is 30.3 Å². The molecule has 0 aliphatic rings. The van der Waals surface area contributed by atoms with E-state index < -0.39 is 23.8 Å². The highest BCUT2D eigenvalue weighted by Gasteiger charge is 2.21. The van der Waals surface area contributed by atoms with Gasteiger partial charge < -0.3 is 20.5 Å². The molecule has 0 radical (unpaired) electrons. The number of benzene rings is 1. The molecule has 25 heavy (non-hydrogen) atoms. The zero-order valence-electron chi connectivity index (χ0n) is 14.5. The molecule has 0 fully saturated rings. The molecule has 0 bridgehead atoms. The largest absolute Gasteiger partial charge is 0.489 e. The zero-order chi connectivity index (χ0) is 18.8. The topological polar surface area (TPSA) is 105 Å². The Hall–Kier alpha value is -2.83. The van der Waals surface area contributed by atoms with E-state index in [0.29, 0.717) is 12.2 Å². The van der Waals surface area contributed by atoms with Gasteiger partial charge in [0.15, 0.2) is 0 Å². The molecule has 0 saturated carbocycles. The lowest BCUT2D eigenvalue weighted by Gasteiger charge is -2.17. The van der Waals surface area contributed by atoms with Crippen molar-refractivity contribution in [2.75, 3.05) is 13.2 Å². The number of amides is 2. The van der Waals surface area contributed by atoms with Crippen LogP contribution in [0.5, 0.6) is 5.75 Å². The quantitative estimate of drug-likeness (QED) is 0.557. The van der Waals surface area contributed by atoms with E-state index in [2.05, 4.69) is 17.2 Å². The maximum atomic E-state index is 12.2. The number of carboxylic acids is 1. The van der Waals surface area contributed by atoms with Gasteiger partial charge in [-0.1, -0.05) is 38.6 Å². The Morgan fingerprint density at radius 3 is 2.56 bits per heavy atom. The molecule has 0 aromatic heterocycles. The van der Waals surface area contributed by atoms with Crippen molar-refractivity contribution in [1.29, 1.82) is 0 Å². The van der Waals surface area contributed by atoms with Gasteiger partial charge >= 0.3 is 5.97 Å². The maximum Gasteiger partial charge on any atom is 0.326 e. The van der Waals surface area contributed by atoms with Crippen LogP contribution in [0.25, 0.3) is 0 Å². The van der Waals surface area contributed by atoms with Crippen LogP contribution >= 0.6 is 0 Å². The van der Waals surface area contributed by atoms with Gasteiger partial charge in [-0.05, 0) is 24.5 Å². The summed E-state index contributed by atoms with van der Waals surface area (Å²) >= 11 is 0. The number of rotatable bonds is 10. The Kier molecular flexibility index (Phi) is 8.18. The van der Waals surface area contributed by atoms with Crippen LogP contribution in [0.3, 0.4) is 0 Å². The number of aliphatic carboxylic acids is 1. The van der Waals surface area contributed by atoms with E-state index in [-0.39, 0.29) is 24.6 Å². The summed E-state index contributed by atoms with van der Waals surface area (Å²) < 4.78 is 5.40. The molecule has 1 aromatic carbocycles. The standard InChI is InChI=1S/C18H24N2O5/c1-4-9-25-15-8-6-5-7-13(15)17(22)19-11-16(21)20-14(18(23)24)10-12(2)3/h4-8,12,14H,1,9-11H2,2-3H3,(H,19,22)(H,20,21)(H,23,24)/t14-/m0/s1. The van der Waals surface area contributed by atoms with Gasteiger partial charge in [-0.25, -0.2) is 4.79 Å². The Labute approximate surface area is 147 Å². The summed E-state index contributed by atoms with van der Waals surface area (Å²) in [5, 5.41) is 14.0. The fourth-order valence-corrected chi connectivity index (χ4v) is 2.12. The molecule has 0 aliphatic carbocycles. The molecule has 7 nitrogen and oxygen atoms in total. The number of nitrogens with one attached hydrogen (secondary N) is 2. The summed E-state index contributed by atoms with van der Waals surface area (Å²) in [4.78, 5) is 35.3. The number of carbonyl (C=O) groups excluding carboxylic acids is 2. The summed E-state index contributed by atoms with van der Waals surface area (Å²) in [6.45, 7) is 7.20. The second-order valence-corrected chi connectivity index (χ2v) is 5.87. The van der Waals surface area contributed by atoms with Crippen molar-refractivity contribution in [1.82, 2.24) is 10.6 Å². The van der Waals surface area contributed by atoms with Gasteiger partial charge in [0.2, 0.25) is 5.91 Å². The first kappa shape index (κ1) is 20.2. The molecule has 1 aromatic rings. The van der Waals surface area contributed by atoms with Crippen LogP contribution in [-0.2, 0) is 9.59 Å². The van der Waals surface area contributed by atoms with Gasteiger partial charge in [0.25, 0.3) is 5.91 Å². The molecule has 0 saturated heterocycles. The highest BCUT2D eigenvalue weighted by Crippen LogP contribution is 2.17. The van der Waals surface area contributed by atoms with Crippen molar-refractivity contribution in [2.24, 2.45) is 5.92 Å². The first-order chi connectivity index (χ1) is 11.8. The molecule has 3 N–H and O–H groups in total. The first-order valence-corrected chi connectivity index (χ1v) is 7.98. The Balaban J connectivity index is 2.62. The molecule has 0 heterocycles. The lowest BCUT2D eigenvalue weighted by Crippen LogP contribution is -2.46. The lowest BCUT2D eigenvalue weighted by molar-refractivity contribution is -0.142. The lowest BCUT2D eigenvalue weighted by atomic mass is 10.0. The second kappa shape index (κ2) is 10.1. The summed E-state index contributed by atoms with van der Waals surface area (Å²) in [7, 11) is 0. The van der Waals surface area contributed by atoms with Crippen LogP contribution in [0.4, 0.5) is 0 Å². The number of hydrogen-bond acceptors (Lipinski definition) is 4. The third-order valence-corrected chi connectivity index (χ3v) is 3.24. The Bertz CT molecular complexity index is 628. The maximum absolute atomic E-state index is 12.2. The fraction of sp³-hybridized carbons (Fsp3) is 0.389. The summed E-state index contributed by atoms with van der Waals surface area (Å²) in [6.07, 6.45) is 1.87. The summed E-state index contributed by atoms with van der Waals surface area (Å²) in [5.74, 6) is -1.65. The molecule has 1 rings (SSSR count). The average Bonchev–Trinajstić information content (AvgIpc) is 2.57. The molecular weight excluding hydrogens is 324 g/mol. The van der Waals surface area contributed by atoms with Crippen LogP contribution in [0.15, 0.2) is 36.9 Å². The third-order valence-electron chi connectivity index (χ3n) is 3.24. The Morgan fingerprint density at radius 2 is 1.96 bits per heavy atom. The van der Waals surface area contributed by atoms with E-state index in [1.165, 1.54) is 0 Å². The number of carboxylic acid groups (broad SMARTS) is 1. The van der Waals surface area contributed by atoms with Crippen molar-refractivity contribution in [2.45, 2.75) is 26.3 Å². The van der Waals surface area contributed by atoms with Crippen molar-refractivity contribution in [3.63, 3.8) is 0 Å². The molecule has 7 heteroatoms. The normalized spacial score (nSPS) is 11.5. The van der Waals surface area contributed by atoms with Crippen LogP contribution in [-0.4, -0.2) is 42.1 Å². The predicted octanol–water partition coefficient (Wildman–Crippen LogP) is 1.60. The van der Waals surface area contributed by atoms with E-state index in [1.807, 2.05) is 13.8 Å². The van der Waals surface area contributed by atoms with Gasteiger partial charge in [0, 0.05) is 0 Å². The van der Waals surface area contributed by atoms with Crippen molar-refractivity contribution < 1.29 is 24.2 Å². The van der Waals surface area contributed by atoms with E-state index in [0.717, 1.165) is 0 Å². The first-order valence-electron chi connectivity index (χ1n) is 7.98. The minimum atomic E-state index is -1.10. The van der Waals surface area contributed by atoms with Gasteiger partial charge in [0.1, 0.15) is 18.4 Å². The molecule has 1 atom stereocenters. The minimum Gasteiger partial charge on any atom is -0.489 e. The predicted molar refractivity (Wildman–Crippen MR) is 93.5 cm³/mol. The van der Waals surface area contributed by atoms with Crippen molar-refractivity contribution >= 4 is 17.8 Å². The fourth-order valence-electron chi connectivity index (χ4n) is 2.12.